The molecule has 0 bridgehead atoms. The number of fused-ring (bicyclic) bond motifs is 1. The normalized spacial score (nSPS) is 13.4. The highest BCUT2D eigenvalue weighted by atomic mass is 35.5. The molecule has 0 unspecified atom stereocenters. The minimum Gasteiger partial charge on any atom is -0.454 e. The lowest BCUT2D eigenvalue weighted by atomic mass is 10.2. The number of hydrogen-bond donors (Lipinski definition) is 2. The Bertz CT molecular complexity index is 677. The van der Waals surface area contributed by atoms with Crippen LogP contribution in [-0.4, -0.2) is 30.3 Å². The Balaban J connectivity index is 0.00000176. The van der Waals surface area contributed by atoms with Crippen molar-refractivity contribution in [3.05, 3.63) is 29.3 Å². The summed E-state index contributed by atoms with van der Waals surface area (Å²) in [5.74, 6) is 1.27. The molecule has 0 aliphatic carbocycles. The zero-order valence-corrected chi connectivity index (χ0v) is 13.5. The van der Waals surface area contributed by atoms with Gasteiger partial charge >= 0.3 is 0 Å². The predicted octanol–water partition coefficient (Wildman–Crippen LogP) is 2.04. The van der Waals surface area contributed by atoms with E-state index >= 15 is 0 Å². The number of aromatic nitrogens is 1. The maximum Gasteiger partial charge on any atom is 0.263 e. The largest absolute Gasteiger partial charge is 0.454 e. The average molecular weight is 342 g/mol. The summed E-state index contributed by atoms with van der Waals surface area (Å²) in [7, 11) is 0. The molecular formula is C14H16ClN3O3S. The molecule has 22 heavy (non-hydrogen) atoms. The molecule has 1 amide bonds. The summed E-state index contributed by atoms with van der Waals surface area (Å²) >= 11 is 1.33. The Hall–Kier alpha value is -1.83. The van der Waals surface area contributed by atoms with Crippen LogP contribution in [-0.2, 0) is 0 Å². The quantitative estimate of drug-likeness (QED) is 0.888. The lowest BCUT2D eigenvalue weighted by Gasteiger charge is -2.09. The molecule has 118 valence electrons. The van der Waals surface area contributed by atoms with Crippen LogP contribution in [0, 0.1) is 0 Å². The van der Waals surface area contributed by atoms with E-state index in [0.717, 1.165) is 16.3 Å². The monoisotopic (exact) mass is 341 g/mol. The van der Waals surface area contributed by atoms with Gasteiger partial charge in [0.1, 0.15) is 9.88 Å². The molecule has 0 saturated carbocycles. The van der Waals surface area contributed by atoms with Crippen LogP contribution in [0.5, 0.6) is 11.5 Å². The van der Waals surface area contributed by atoms with E-state index in [1.165, 1.54) is 11.3 Å². The van der Waals surface area contributed by atoms with Crippen molar-refractivity contribution in [2.24, 2.45) is 5.73 Å². The van der Waals surface area contributed by atoms with Gasteiger partial charge in [0.25, 0.3) is 5.91 Å². The molecule has 0 saturated heterocycles. The van der Waals surface area contributed by atoms with Crippen molar-refractivity contribution in [3.63, 3.8) is 0 Å². The molecule has 0 radical (unpaired) electrons. The number of ether oxygens (including phenoxy) is 2. The second-order valence-corrected chi connectivity index (χ2v) is 5.74. The Labute approximate surface area is 138 Å². The molecule has 1 aromatic heterocycles. The molecule has 2 heterocycles. The van der Waals surface area contributed by atoms with Gasteiger partial charge in [0, 0.05) is 18.2 Å². The molecule has 2 aromatic rings. The first-order valence-corrected chi connectivity index (χ1v) is 7.36. The van der Waals surface area contributed by atoms with E-state index in [1.54, 1.807) is 6.20 Å². The molecule has 1 aliphatic heterocycles. The Morgan fingerprint density at radius 3 is 3.00 bits per heavy atom. The van der Waals surface area contributed by atoms with Gasteiger partial charge in [0.2, 0.25) is 6.79 Å². The minimum atomic E-state index is -0.155. The van der Waals surface area contributed by atoms with E-state index in [9.17, 15) is 4.79 Å². The van der Waals surface area contributed by atoms with Crippen LogP contribution < -0.4 is 20.5 Å². The number of thiazole rings is 1. The fourth-order valence-corrected chi connectivity index (χ4v) is 2.71. The van der Waals surface area contributed by atoms with Gasteiger partial charge in [-0.2, -0.15) is 0 Å². The zero-order valence-electron chi connectivity index (χ0n) is 11.9. The van der Waals surface area contributed by atoms with Gasteiger partial charge in [-0.1, -0.05) is 0 Å². The van der Waals surface area contributed by atoms with Crippen molar-refractivity contribution in [3.8, 4) is 22.1 Å². The summed E-state index contributed by atoms with van der Waals surface area (Å²) in [6, 6.07) is 5.55. The number of nitrogens with two attached hydrogens (primary N) is 1. The molecule has 1 atom stereocenters. The van der Waals surface area contributed by atoms with E-state index in [4.69, 9.17) is 15.2 Å². The van der Waals surface area contributed by atoms with Gasteiger partial charge < -0.3 is 20.5 Å². The maximum atomic E-state index is 12.0. The number of rotatable bonds is 4. The number of carbonyl (C=O) groups excluding carboxylic acids is 1. The third-order valence-electron chi connectivity index (χ3n) is 3.08. The van der Waals surface area contributed by atoms with E-state index in [2.05, 4.69) is 10.3 Å². The molecule has 8 heteroatoms. The van der Waals surface area contributed by atoms with E-state index in [1.807, 2.05) is 25.1 Å². The lowest BCUT2D eigenvalue weighted by Crippen LogP contribution is -2.37. The number of benzene rings is 1. The van der Waals surface area contributed by atoms with Gasteiger partial charge in [-0.05, 0) is 25.1 Å². The van der Waals surface area contributed by atoms with E-state index in [-0.39, 0.29) is 31.1 Å². The maximum absolute atomic E-state index is 12.0. The van der Waals surface area contributed by atoms with E-state index < -0.39 is 0 Å². The van der Waals surface area contributed by atoms with Gasteiger partial charge in [-0.15, -0.1) is 23.7 Å². The summed E-state index contributed by atoms with van der Waals surface area (Å²) in [6.45, 7) is 2.50. The Kier molecular flexibility index (Phi) is 5.23. The molecule has 0 fully saturated rings. The van der Waals surface area contributed by atoms with Crippen molar-refractivity contribution in [2.75, 3.05) is 13.3 Å². The minimum absolute atomic E-state index is 0. The molecule has 0 spiro atoms. The summed E-state index contributed by atoms with van der Waals surface area (Å²) in [5.41, 5.74) is 6.39. The second kappa shape index (κ2) is 6.95. The summed E-state index contributed by atoms with van der Waals surface area (Å²) in [6.07, 6.45) is 1.57. The van der Waals surface area contributed by atoms with Gasteiger partial charge in [0.15, 0.2) is 11.5 Å². The van der Waals surface area contributed by atoms with Gasteiger partial charge in [-0.3, -0.25) is 4.79 Å². The molecule has 1 aliphatic rings. The first-order valence-electron chi connectivity index (χ1n) is 6.54. The third kappa shape index (κ3) is 3.32. The highest BCUT2D eigenvalue weighted by molar-refractivity contribution is 7.16. The fraction of sp³-hybridized carbons (Fsp3) is 0.286. The molecule has 1 aromatic carbocycles. The summed E-state index contributed by atoms with van der Waals surface area (Å²) in [4.78, 5) is 16.9. The van der Waals surface area contributed by atoms with Crippen molar-refractivity contribution < 1.29 is 14.3 Å². The number of carbonyl (C=O) groups is 1. The van der Waals surface area contributed by atoms with Crippen LogP contribution in [0.1, 0.15) is 16.6 Å². The first-order chi connectivity index (χ1) is 10.2. The van der Waals surface area contributed by atoms with Crippen LogP contribution in [0.15, 0.2) is 24.4 Å². The standard InChI is InChI=1S/C14H15N3O3S.ClH/c1-8(5-15)17-13(18)12-6-16-14(21-12)9-2-3-10-11(4-9)20-7-19-10;/h2-4,6,8H,5,7,15H2,1H3,(H,17,18);1H/t8-;/m0./s1. The SMILES string of the molecule is C[C@@H](CN)NC(=O)c1cnc(-c2ccc3c(c2)OCO3)s1.Cl. The number of nitrogens with zero attached hydrogens (tertiary/aromatic N) is 1. The van der Waals surface area contributed by atoms with Crippen LogP contribution in [0.2, 0.25) is 0 Å². The third-order valence-corrected chi connectivity index (χ3v) is 4.13. The van der Waals surface area contributed by atoms with Crippen LogP contribution in [0.4, 0.5) is 0 Å². The van der Waals surface area contributed by atoms with Gasteiger partial charge in [-0.25, -0.2) is 4.98 Å². The number of halogens is 1. The van der Waals surface area contributed by atoms with Crippen molar-refractivity contribution in [1.82, 2.24) is 10.3 Å². The Morgan fingerprint density at radius 2 is 2.23 bits per heavy atom. The van der Waals surface area contributed by atoms with Crippen LogP contribution in [0.3, 0.4) is 0 Å². The smallest absolute Gasteiger partial charge is 0.263 e. The molecular weight excluding hydrogens is 326 g/mol. The van der Waals surface area contributed by atoms with Crippen molar-refractivity contribution in [1.29, 1.82) is 0 Å². The van der Waals surface area contributed by atoms with E-state index in [0.29, 0.717) is 17.2 Å². The summed E-state index contributed by atoms with van der Waals surface area (Å²) < 4.78 is 10.6. The molecule has 6 nitrogen and oxygen atoms in total. The predicted molar refractivity (Wildman–Crippen MR) is 86.9 cm³/mol. The number of hydrogen-bond acceptors (Lipinski definition) is 6. The number of nitrogens with one attached hydrogen (secondary N) is 1. The van der Waals surface area contributed by atoms with Crippen LogP contribution in [0.25, 0.3) is 10.6 Å². The average Bonchev–Trinajstić information content (AvgIpc) is 3.15. The van der Waals surface area contributed by atoms with Crippen LogP contribution >= 0.6 is 23.7 Å². The molecule has 3 rings (SSSR count). The Morgan fingerprint density at radius 1 is 1.45 bits per heavy atom. The first kappa shape index (κ1) is 16.5. The highest BCUT2D eigenvalue weighted by Gasteiger charge is 2.17. The lowest BCUT2D eigenvalue weighted by molar-refractivity contribution is 0.0945. The summed E-state index contributed by atoms with van der Waals surface area (Å²) in [5, 5.41) is 3.58. The second-order valence-electron chi connectivity index (χ2n) is 4.71. The van der Waals surface area contributed by atoms with Gasteiger partial charge in [0.05, 0.1) is 6.20 Å². The van der Waals surface area contributed by atoms with Crippen molar-refractivity contribution in [2.45, 2.75) is 13.0 Å². The highest BCUT2D eigenvalue weighted by Crippen LogP contribution is 2.36. The fourth-order valence-electron chi connectivity index (χ4n) is 1.90. The molecule has 3 N–H and O–H groups in total. The topological polar surface area (TPSA) is 86.5 Å². The number of amides is 1. The van der Waals surface area contributed by atoms with Crippen molar-refractivity contribution >= 4 is 29.7 Å². The zero-order chi connectivity index (χ0) is 14.8.